The van der Waals surface area contributed by atoms with Crippen LogP contribution in [0.2, 0.25) is 0 Å². The number of carbonyl (C=O) groups is 3. The van der Waals surface area contributed by atoms with Crippen molar-refractivity contribution in [3.05, 3.63) is 0 Å². The monoisotopic (exact) mass is 322 g/mol. The van der Waals surface area contributed by atoms with Gasteiger partial charge in [0.15, 0.2) is 6.10 Å². The summed E-state index contributed by atoms with van der Waals surface area (Å²) < 4.78 is 4.97. The third-order valence-corrected chi connectivity index (χ3v) is 5.91. The van der Waals surface area contributed by atoms with Crippen LogP contribution in [0.15, 0.2) is 0 Å². The lowest BCUT2D eigenvalue weighted by Gasteiger charge is -2.55. The Hall–Kier alpha value is -1.59. The van der Waals surface area contributed by atoms with Gasteiger partial charge in [0.05, 0.1) is 0 Å². The number of nitrogens with two attached hydrogens (primary N) is 1. The van der Waals surface area contributed by atoms with E-state index >= 15 is 0 Å². The van der Waals surface area contributed by atoms with Gasteiger partial charge in [-0.15, -0.1) is 0 Å². The van der Waals surface area contributed by atoms with Gasteiger partial charge in [-0.2, -0.15) is 0 Å². The molecule has 0 aliphatic heterocycles. The fourth-order valence-corrected chi connectivity index (χ4v) is 5.13. The van der Waals surface area contributed by atoms with E-state index < -0.39 is 24.0 Å². The Labute approximate surface area is 136 Å². The molecule has 23 heavy (non-hydrogen) atoms. The lowest BCUT2D eigenvalue weighted by atomic mass is 9.49. The maximum absolute atomic E-state index is 12.8. The highest BCUT2D eigenvalue weighted by atomic mass is 16.5. The molecule has 3 N–H and O–H groups in total. The van der Waals surface area contributed by atoms with E-state index in [1.54, 1.807) is 6.92 Å². The van der Waals surface area contributed by atoms with Crippen LogP contribution in [0.3, 0.4) is 0 Å². The van der Waals surface area contributed by atoms with Crippen LogP contribution < -0.4 is 11.1 Å². The van der Waals surface area contributed by atoms with Gasteiger partial charge in [0.25, 0.3) is 5.91 Å². The summed E-state index contributed by atoms with van der Waals surface area (Å²) in [6.07, 6.45) is 5.65. The van der Waals surface area contributed by atoms with Crippen LogP contribution in [-0.2, 0) is 19.1 Å². The molecule has 2 amide bonds. The third kappa shape index (κ3) is 3.08. The van der Waals surface area contributed by atoms with E-state index in [1.807, 2.05) is 0 Å². The first-order chi connectivity index (χ1) is 10.8. The van der Waals surface area contributed by atoms with Crippen molar-refractivity contribution in [2.24, 2.45) is 28.9 Å². The van der Waals surface area contributed by atoms with E-state index in [0.29, 0.717) is 17.8 Å². The molecule has 4 aliphatic carbocycles. The van der Waals surface area contributed by atoms with Crippen LogP contribution in [0.25, 0.3) is 0 Å². The summed E-state index contributed by atoms with van der Waals surface area (Å²) in [7, 11) is 0. The van der Waals surface area contributed by atoms with E-state index in [4.69, 9.17) is 10.5 Å². The van der Waals surface area contributed by atoms with Crippen molar-refractivity contribution >= 4 is 17.8 Å². The molecule has 2 atom stereocenters. The molecule has 0 saturated heterocycles. The second kappa shape index (κ2) is 5.80. The maximum Gasteiger partial charge on any atom is 0.329 e. The molecule has 4 aliphatic rings. The average molecular weight is 322 g/mol. The Kier molecular flexibility index (Phi) is 4.10. The first-order valence-corrected chi connectivity index (χ1v) is 8.60. The second-order valence-electron chi connectivity index (χ2n) is 7.87. The molecule has 6 heteroatoms. The highest BCUT2D eigenvalue weighted by molar-refractivity contribution is 5.89. The fraction of sp³-hybridized carbons (Fsp3) is 0.824. The van der Waals surface area contributed by atoms with Crippen LogP contribution >= 0.6 is 0 Å². The molecular formula is C17H26N2O4. The number of hydrogen-bond acceptors (Lipinski definition) is 4. The van der Waals surface area contributed by atoms with E-state index in [2.05, 4.69) is 5.32 Å². The van der Waals surface area contributed by atoms with Crippen LogP contribution in [0.5, 0.6) is 0 Å². The molecule has 6 nitrogen and oxygen atoms in total. The van der Waals surface area contributed by atoms with E-state index in [-0.39, 0.29) is 11.3 Å². The van der Waals surface area contributed by atoms with Crippen molar-refractivity contribution < 1.29 is 19.1 Å². The van der Waals surface area contributed by atoms with Gasteiger partial charge in [-0.05, 0) is 70.1 Å². The number of hydrogen-bond donors (Lipinski definition) is 2. The van der Waals surface area contributed by atoms with Crippen molar-refractivity contribution in [3.63, 3.8) is 0 Å². The van der Waals surface area contributed by atoms with Gasteiger partial charge in [0, 0.05) is 5.41 Å². The van der Waals surface area contributed by atoms with Crippen LogP contribution in [-0.4, -0.2) is 29.9 Å². The van der Waals surface area contributed by atoms with Gasteiger partial charge in [-0.25, -0.2) is 4.79 Å². The number of rotatable bonds is 5. The van der Waals surface area contributed by atoms with Crippen LogP contribution in [0, 0.1) is 23.2 Å². The molecule has 0 radical (unpaired) electrons. The molecule has 0 spiro atoms. The van der Waals surface area contributed by atoms with Crippen molar-refractivity contribution in [1.29, 1.82) is 0 Å². The number of esters is 1. The minimum atomic E-state index is -0.985. The number of primary amides is 1. The minimum Gasteiger partial charge on any atom is -0.451 e. The maximum atomic E-state index is 12.8. The predicted octanol–water partition coefficient (Wildman–Crippen LogP) is 1.12. The van der Waals surface area contributed by atoms with E-state index in [0.717, 1.165) is 19.3 Å². The van der Waals surface area contributed by atoms with Gasteiger partial charge in [-0.3, -0.25) is 9.59 Å². The van der Waals surface area contributed by atoms with Gasteiger partial charge < -0.3 is 15.8 Å². The topological polar surface area (TPSA) is 98.5 Å². The first kappa shape index (κ1) is 16.3. The normalized spacial score (nSPS) is 37.0. The summed E-state index contributed by atoms with van der Waals surface area (Å²) in [5, 5.41) is 2.82. The minimum absolute atomic E-state index is 0.0206. The molecule has 4 bridgehead atoms. The molecule has 4 rings (SSSR count). The molecule has 0 aromatic carbocycles. The van der Waals surface area contributed by atoms with Crippen molar-refractivity contribution in [1.82, 2.24) is 5.32 Å². The molecule has 0 unspecified atom stereocenters. The Morgan fingerprint density at radius 3 is 1.96 bits per heavy atom. The average Bonchev–Trinajstić information content (AvgIpc) is 2.45. The lowest BCUT2D eigenvalue weighted by Crippen LogP contribution is -2.56. The third-order valence-electron chi connectivity index (χ3n) is 5.91. The fourth-order valence-electron chi connectivity index (χ4n) is 5.13. The standard InChI is InChI=1S/C17H26N2O4/c1-9(15(21)23-10(2)14(18)20)19-16(22)17-6-11-3-12(7-17)5-13(4-11)8-17/h9-13H,3-8H2,1-2H3,(H2,18,20)(H,19,22)/t9-,10-,11?,12?,13?,17?/m0/s1. The summed E-state index contributed by atoms with van der Waals surface area (Å²) in [5.41, 5.74) is 4.79. The zero-order chi connectivity index (χ0) is 16.8. The van der Waals surface area contributed by atoms with Crippen LogP contribution in [0.4, 0.5) is 0 Å². The summed E-state index contributed by atoms with van der Waals surface area (Å²) in [5.74, 6) is 0.678. The SMILES string of the molecule is C[C@H](NC(=O)C12CC3CC(CC(C3)C1)C2)C(=O)O[C@@H](C)C(N)=O. The van der Waals surface area contributed by atoms with Crippen molar-refractivity contribution in [2.75, 3.05) is 0 Å². The number of carbonyl (C=O) groups excluding carboxylic acids is 3. The molecule has 4 fully saturated rings. The Morgan fingerprint density at radius 1 is 1.04 bits per heavy atom. The number of nitrogens with one attached hydrogen (secondary N) is 1. The van der Waals surface area contributed by atoms with Crippen molar-refractivity contribution in [3.8, 4) is 0 Å². The Balaban J connectivity index is 1.60. The van der Waals surface area contributed by atoms with Gasteiger partial charge >= 0.3 is 5.97 Å². The smallest absolute Gasteiger partial charge is 0.329 e. The number of ether oxygens (including phenoxy) is 1. The lowest BCUT2D eigenvalue weighted by molar-refractivity contribution is -0.159. The summed E-state index contributed by atoms with van der Waals surface area (Å²) >= 11 is 0. The largest absolute Gasteiger partial charge is 0.451 e. The zero-order valence-corrected chi connectivity index (χ0v) is 13.8. The number of amides is 2. The summed E-state index contributed by atoms with van der Waals surface area (Å²) in [6, 6.07) is -0.766. The molecule has 0 aromatic rings. The van der Waals surface area contributed by atoms with Gasteiger partial charge in [-0.1, -0.05) is 0 Å². The highest BCUT2D eigenvalue weighted by Gasteiger charge is 2.54. The molecule has 0 heterocycles. The van der Waals surface area contributed by atoms with E-state index in [9.17, 15) is 14.4 Å². The first-order valence-electron chi connectivity index (χ1n) is 8.60. The van der Waals surface area contributed by atoms with E-state index in [1.165, 1.54) is 26.2 Å². The zero-order valence-electron chi connectivity index (χ0n) is 13.8. The quantitative estimate of drug-likeness (QED) is 0.741. The molecule has 4 saturated carbocycles. The Bertz CT molecular complexity index is 495. The second-order valence-corrected chi connectivity index (χ2v) is 7.87. The molecule has 128 valence electrons. The van der Waals surface area contributed by atoms with Crippen molar-refractivity contribution in [2.45, 2.75) is 64.5 Å². The molecule has 0 aromatic heterocycles. The Morgan fingerprint density at radius 2 is 1.52 bits per heavy atom. The van der Waals surface area contributed by atoms with Crippen LogP contribution in [0.1, 0.15) is 52.4 Å². The molecular weight excluding hydrogens is 296 g/mol. The predicted molar refractivity (Wildman–Crippen MR) is 83.0 cm³/mol. The highest BCUT2D eigenvalue weighted by Crippen LogP contribution is 2.60. The summed E-state index contributed by atoms with van der Waals surface area (Å²) in [4.78, 5) is 35.8. The summed E-state index contributed by atoms with van der Waals surface area (Å²) in [6.45, 7) is 3.02. The van der Waals surface area contributed by atoms with Gasteiger partial charge in [0.2, 0.25) is 5.91 Å². The van der Waals surface area contributed by atoms with Gasteiger partial charge in [0.1, 0.15) is 6.04 Å².